The second-order valence-corrected chi connectivity index (χ2v) is 8.41. The molecule has 0 amide bonds. The molecule has 4 nitrogen and oxygen atoms in total. The zero-order valence-electron chi connectivity index (χ0n) is 11.4. The molecule has 1 aromatic rings. The van der Waals surface area contributed by atoms with Crippen molar-refractivity contribution in [1.29, 1.82) is 0 Å². The van der Waals surface area contributed by atoms with Crippen LogP contribution in [0.5, 0.6) is 0 Å². The SMILES string of the molecule is Cc1cc(Cl)c(S(=O)(=O)NCC2CCSCC2)cc1N. The lowest BCUT2D eigenvalue weighted by atomic mass is 10.0. The van der Waals surface area contributed by atoms with E-state index in [1.165, 1.54) is 6.07 Å². The van der Waals surface area contributed by atoms with Gasteiger partial charge in [0.05, 0.1) is 5.02 Å². The lowest BCUT2D eigenvalue weighted by Gasteiger charge is -2.21. The van der Waals surface area contributed by atoms with E-state index in [4.69, 9.17) is 17.3 Å². The van der Waals surface area contributed by atoms with Gasteiger partial charge in [-0.25, -0.2) is 13.1 Å². The third-order valence-electron chi connectivity index (χ3n) is 3.51. The van der Waals surface area contributed by atoms with Crippen molar-refractivity contribution in [2.75, 3.05) is 23.8 Å². The molecule has 1 aliphatic heterocycles. The van der Waals surface area contributed by atoms with E-state index >= 15 is 0 Å². The molecule has 1 saturated heterocycles. The molecule has 1 heterocycles. The van der Waals surface area contributed by atoms with Crippen LogP contribution < -0.4 is 10.5 Å². The van der Waals surface area contributed by atoms with Crippen molar-refractivity contribution in [2.45, 2.75) is 24.7 Å². The maximum Gasteiger partial charge on any atom is 0.242 e. The molecule has 0 radical (unpaired) electrons. The van der Waals surface area contributed by atoms with Crippen molar-refractivity contribution in [3.63, 3.8) is 0 Å². The van der Waals surface area contributed by atoms with Crippen LogP contribution in [0.3, 0.4) is 0 Å². The third-order valence-corrected chi connectivity index (χ3v) is 6.45. The topological polar surface area (TPSA) is 72.2 Å². The Hall–Kier alpha value is -0.430. The van der Waals surface area contributed by atoms with Crippen LogP contribution in [0.15, 0.2) is 17.0 Å². The van der Waals surface area contributed by atoms with E-state index in [-0.39, 0.29) is 9.92 Å². The van der Waals surface area contributed by atoms with E-state index in [0.717, 1.165) is 29.9 Å². The van der Waals surface area contributed by atoms with Crippen LogP contribution in [0.25, 0.3) is 0 Å². The number of sulfonamides is 1. The monoisotopic (exact) mass is 334 g/mol. The van der Waals surface area contributed by atoms with Gasteiger partial charge in [-0.2, -0.15) is 11.8 Å². The smallest absolute Gasteiger partial charge is 0.242 e. The molecule has 2 rings (SSSR count). The lowest BCUT2D eigenvalue weighted by molar-refractivity contribution is 0.476. The lowest BCUT2D eigenvalue weighted by Crippen LogP contribution is -2.31. The van der Waals surface area contributed by atoms with Gasteiger partial charge >= 0.3 is 0 Å². The Bertz CT molecular complexity index is 584. The van der Waals surface area contributed by atoms with Gasteiger partial charge in [0.2, 0.25) is 10.0 Å². The van der Waals surface area contributed by atoms with Gasteiger partial charge in [0.25, 0.3) is 0 Å². The summed E-state index contributed by atoms with van der Waals surface area (Å²) in [6, 6.07) is 3.01. The molecule has 1 aliphatic rings. The second-order valence-electron chi connectivity index (χ2n) is 5.05. The van der Waals surface area contributed by atoms with Crippen LogP contribution in [0.2, 0.25) is 5.02 Å². The van der Waals surface area contributed by atoms with Gasteiger partial charge in [-0.3, -0.25) is 0 Å². The first-order valence-electron chi connectivity index (χ1n) is 6.53. The summed E-state index contributed by atoms with van der Waals surface area (Å²) in [5.74, 6) is 2.61. The number of anilines is 1. The molecule has 0 saturated carbocycles. The van der Waals surface area contributed by atoms with E-state index in [9.17, 15) is 8.42 Å². The van der Waals surface area contributed by atoms with Crippen molar-refractivity contribution in [3.8, 4) is 0 Å². The Morgan fingerprint density at radius 3 is 2.70 bits per heavy atom. The molecular weight excluding hydrogens is 316 g/mol. The number of nitrogens with one attached hydrogen (secondary N) is 1. The molecule has 1 fully saturated rings. The van der Waals surface area contributed by atoms with E-state index < -0.39 is 10.0 Å². The highest BCUT2D eigenvalue weighted by molar-refractivity contribution is 7.99. The predicted molar refractivity (Wildman–Crippen MR) is 85.8 cm³/mol. The summed E-state index contributed by atoms with van der Waals surface area (Å²) in [4.78, 5) is 0.0625. The Morgan fingerprint density at radius 1 is 1.40 bits per heavy atom. The molecule has 0 unspecified atom stereocenters. The van der Waals surface area contributed by atoms with Crippen molar-refractivity contribution in [2.24, 2.45) is 5.92 Å². The van der Waals surface area contributed by atoms with Gasteiger partial charge < -0.3 is 5.73 Å². The molecule has 0 atom stereocenters. The van der Waals surface area contributed by atoms with Crippen LogP contribution in [0, 0.1) is 12.8 Å². The molecule has 0 spiro atoms. The number of rotatable bonds is 4. The summed E-state index contributed by atoms with van der Waals surface area (Å²) in [6.07, 6.45) is 2.11. The zero-order valence-corrected chi connectivity index (χ0v) is 13.7. The molecule has 0 bridgehead atoms. The van der Waals surface area contributed by atoms with E-state index in [1.54, 1.807) is 13.0 Å². The van der Waals surface area contributed by atoms with Crippen molar-refractivity contribution >= 4 is 39.1 Å². The summed E-state index contributed by atoms with van der Waals surface area (Å²) in [6.45, 7) is 2.26. The Kier molecular flexibility index (Phi) is 5.23. The highest BCUT2D eigenvalue weighted by Gasteiger charge is 2.21. The first-order chi connectivity index (χ1) is 9.40. The van der Waals surface area contributed by atoms with Crippen LogP contribution in [-0.2, 0) is 10.0 Å². The highest BCUT2D eigenvalue weighted by atomic mass is 35.5. The fourth-order valence-corrected chi connectivity index (χ4v) is 5.07. The third kappa shape index (κ3) is 3.81. The minimum Gasteiger partial charge on any atom is -0.398 e. The summed E-state index contributed by atoms with van der Waals surface area (Å²) >= 11 is 7.95. The first kappa shape index (κ1) is 15.9. The van der Waals surface area contributed by atoms with Gasteiger partial charge in [-0.05, 0) is 54.9 Å². The molecular formula is C13H19ClN2O2S2. The molecule has 20 heavy (non-hydrogen) atoms. The van der Waals surface area contributed by atoms with Crippen molar-refractivity contribution in [3.05, 3.63) is 22.7 Å². The van der Waals surface area contributed by atoms with E-state index in [2.05, 4.69) is 4.72 Å². The maximum atomic E-state index is 12.3. The highest BCUT2D eigenvalue weighted by Crippen LogP contribution is 2.27. The molecule has 112 valence electrons. The van der Waals surface area contributed by atoms with Gasteiger partial charge in [0.1, 0.15) is 4.90 Å². The molecule has 1 aromatic carbocycles. The number of hydrogen-bond acceptors (Lipinski definition) is 4. The Balaban J connectivity index is 2.11. The zero-order chi connectivity index (χ0) is 14.8. The summed E-state index contributed by atoms with van der Waals surface area (Å²) < 4.78 is 27.3. The molecule has 0 aliphatic carbocycles. The number of thioether (sulfide) groups is 1. The largest absolute Gasteiger partial charge is 0.398 e. The van der Waals surface area contributed by atoms with Crippen LogP contribution in [0.1, 0.15) is 18.4 Å². The number of nitrogens with two attached hydrogens (primary N) is 1. The van der Waals surface area contributed by atoms with Crippen LogP contribution >= 0.6 is 23.4 Å². The van der Waals surface area contributed by atoms with Crippen molar-refractivity contribution < 1.29 is 8.42 Å². The minimum atomic E-state index is -3.60. The normalized spacial score (nSPS) is 17.3. The Morgan fingerprint density at radius 2 is 2.05 bits per heavy atom. The summed E-state index contributed by atoms with van der Waals surface area (Å²) in [7, 11) is -3.60. The second kappa shape index (κ2) is 6.56. The van der Waals surface area contributed by atoms with Crippen molar-refractivity contribution in [1.82, 2.24) is 4.72 Å². The number of hydrogen-bond donors (Lipinski definition) is 2. The summed E-state index contributed by atoms with van der Waals surface area (Å²) in [5.41, 5.74) is 6.98. The van der Waals surface area contributed by atoms with E-state index in [0.29, 0.717) is 18.2 Å². The Labute approximate surface area is 129 Å². The van der Waals surface area contributed by atoms with Gasteiger partial charge in [-0.15, -0.1) is 0 Å². The summed E-state index contributed by atoms with van der Waals surface area (Å²) in [5, 5.41) is 0.211. The van der Waals surface area contributed by atoms with Gasteiger partial charge in [0.15, 0.2) is 0 Å². The molecule has 7 heteroatoms. The number of halogens is 1. The number of aryl methyl sites for hydroxylation is 1. The van der Waals surface area contributed by atoms with E-state index in [1.807, 2.05) is 11.8 Å². The average molecular weight is 335 g/mol. The molecule has 3 N–H and O–H groups in total. The number of nitrogen functional groups attached to an aromatic ring is 1. The average Bonchev–Trinajstić information content (AvgIpc) is 2.42. The molecule has 0 aromatic heterocycles. The van der Waals surface area contributed by atoms with Crippen LogP contribution in [-0.4, -0.2) is 26.5 Å². The van der Waals surface area contributed by atoms with Gasteiger partial charge in [0, 0.05) is 12.2 Å². The fourth-order valence-electron chi connectivity index (χ4n) is 2.13. The number of benzene rings is 1. The first-order valence-corrected chi connectivity index (χ1v) is 9.55. The standard InChI is InChI=1S/C13H19ClN2O2S2/c1-9-6-11(14)13(7-12(9)15)20(17,18)16-8-10-2-4-19-5-3-10/h6-7,10,16H,2-5,8,15H2,1H3. The fraction of sp³-hybridized carbons (Fsp3) is 0.538. The minimum absolute atomic E-state index is 0.0625. The van der Waals surface area contributed by atoms with Gasteiger partial charge in [-0.1, -0.05) is 11.6 Å². The van der Waals surface area contributed by atoms with Crippen LogP contribution in [0.4, 0.5) is 5.69 Å². The predicted octanol–water partition coefficient (Wildman–Crippen LogP) is 2.65. The maximum absolute atomic E-state index is 12.3. The quantitative estimate of drug-likeness (QED) is 0.830.